The van der Waals surface area contributed by atoms with Gasteiger partial charge in [0.15, 0.2) is 5.96 Å². The van der Waals surface area contributed by atoms with Crippen LogP contribution in [0.1, 0.15) is 26.2 Å². The normalized spacial score (nSPS) is 35.0. The Kier molecular flexibility index (Phi) is 2.15. The third-order valence-corrected chi connectivity index (χ3v) is 2.52. The van der Waals surface area contributed by atoms with Crippen LogP contribution in [0.4, 0.5) is 0 Å². The second kappa shape index (κ2) is 3.18. The van der Waals surface area contributed by atoms with Crippen LogP contribution < -0.4 is 11.1 Å². The largest absolute Gasteiger partial charge is 0.379 e. The molecule has 0 bridgehead atoms. The number of nitrogens with two attached hydrogens (primary N) is 1. The number of rotatable bonds is 2. The van der Waals surface area contributed by atoms with E-state index in [9.17, 15) is 0 Å². The van der Waals surface area contributed by atoms with E-state index < -0.39 is 0 Å². The molecule has 3 N–H and O–H groups in total. The Hall–Kier alpha value is -0.770. The smallest absolute Gasteiger partial charge is 0.189 e. The molecule has 74 valence electrons. The van der Waals surface area contributed by atoms with Crippen LogP contribution in [0, 0.1) is 0 Å². The Morgan fingerprint density at radius 2 is 2.38 bits per heavy atom. The molecule has 0 aromatic carbocycles. The van der Waals surface area contributed by atoms with Crippen molar-refractivity contribution in [2.75, 3.05) is 13.2 Å². The Morgan fingerprint density at radius 3 is 2.92 bits per heavy atom. The second-order valence-corrected chi connectivity index (χ2v) is 4.23. The van der Waals surface area contributed by atoms with Crippen molar-refractivity contribution in [1.82, 2.24) is 5.32 Å². The zero-order valence-electron chi connectivity index (χ0n) is 8.05. The van der Waals surface area contributed by atoms with E-state index >= 15 is 0 Å². The summed E-state index contributed by atoms with van der Waals surface area (Å²) in [5.41, 5.74) is 5.77. The van der Waals surface area contributed by atoms with Crippen LogP contribution >= 0.6 is 0 Å². The molecule has 0 aromatic rings. The summed E-state index contributed by atoms with van der Waals surface area (Å²) in [5.74, 6) is 0.579. The topological polar surface area (TPSA) is 59.6 Å². The van der Waals surface area contributed by atoms with E-state index in [4.69, 9.17) is 10.5 Å². The molecule has 4 nitrogen and oxygen atoms in total. The third-order valence-electron chi connectivity index (χ3n) is 2.52. The molecule has 2 rings (SSSR count). The second-order valence-electron chi connectivity index (χ2n) is 4.23. The van der Waals surface area contributed by atoms with E-state index in [2.05, 4.69) is 17.2 Å². The van der Waals surface area contributed by atoms with Gasteiger partial charge in [0.25, 0.3) is 0 Å². The van der Waals surface area contributed by atoms with Crippen molar-refractivity contribution in [2.24, 2.45) is 10.7 Å². The predicted octanol–water partition coefficient (Wildman–Crippen LogP) is 0.232. The molecule has 2 fully saturated rings. The first kappa shape index (κ1) is 8.81. The lowest BCUT2D eigenvalue weighted by atomic mass is 10.0. The number of nitrogens with one attached hydrogen (secondary N) is 1. The van der Waals surface area contributed by atoms with Gasteiger partial charge in [-0.2, -0.15) is 0 Å². The lowest BCUT2D eigenvalue weighted by Gasteiger charge is -2.23. The molecule has 0 aromatic heterocycles. The van der Waals surface area contributed by atoms with E-state index in [0.717, 1.165) is 19.6 Å². The minimum atomic E-state index is 0.00245. The van der Waals surface area contributed by atoms with Crippen molar-refractivity contribution in [3.63, 3.8) is 0 Å². The van der Waals surface area contributed by atoms with E-state index in [-0.39, 0.29) is 5.54 Å². The summed E-state index contributed by atoms with van der Waals surface area (Å²) >= 11 is 0. The van der Waals surface area contributed by atoms with Gasteiger partial charge in [-0.15, -0.1) is 0 Å². The van der Waals surface area contributed by atoms with Gasteiger partial charge in [-0.05, 0) is 26.2 Å². The van der Waals surface area contributed by atoms with E-state index in [1.54, 1.807) is 0 Å². The fourth-order valence-corrected chi connectivity index (χ4v) is 1.51. The first-order chi connectivity index (χ1) is 6.18. The van der Waals surface area contributed by atoms with Crippen molar-refractivity contribution >= 4 is 5.96 Å². The Balaban J connectivity index is 1.87. The highest BCUT2D eigenvalue weighted by Crippen LogP contribution is 2.23. The van der Waals surface area contributed by atoms with Crippen molar-refractivity contribution in [3.05, 3.63) is 0 Å². The average Bonchev–Trinajstić information content (AvgIpc) is 2.74. The van der Waals surface area contributed by atoms with Crippen LogP contribution in [0.2, 0.25) is 0 Å². The minimum Gasteiger partial charge on any atom is -0.379 e. The van der Waals surface area contributed by atoms with Crippen molar-refractivity contribution in [2.45, 2.75) is 37.8 Å². The summed E-state index contributed by atoms with van der Waals surface area (Å²) in [4.78, 5) is 4.32. The van der Waals surface area contributed by atoms with Crippen LogP contribution in [0.15, 0.2) is 4.99 Å². The third kappa shape index (κ3) is 2.34. The fourth-order valence-electron chi connectivity index (χ4n) is 1.51. The standard InChI is InChI=1S/C9H17N3O/c1-9(4-5-13-6-9)12-8(10)11-7-2-3-7/h7H,2-6H2,1H3,(H3,10,11,12). The summed E-state index contributed by atoms with van der Waals surface area (Å²) in [5, 5.41) is 3.23. The van der Waals surface area contributed by atoms with Crippen LogP contribution in [0.25, 0.3) is 0 Å². The van der Waals surface area contributed by atoms with Crippen molar-refractivity contribution in [1.29, 1.82) is 0 Å². The van der Waals surface area contributed by atoms with E-state index in [0.29, 0.717) is 12.0 Å². The molecule has 0 radical (unpaired) electrons. The van der Waals surface area contributed by atoms with Crippen LogP contribution in [0.3, 0.4) is 0 Å². The summed E-state index contributed by atoms with van der Waals surface area (Å²) in [6, 6.07) is 0.485. The summed E-state index contributed by atoms with van der Waals surface area (Å²) < 4.78 is 5.31. The molecule has 0 spiro atoms. The molecular formula is C9H17N3O. The first-order valence-electron chi connectivity index (χ1n) is 4.87. The fraction of sp³-hybridized carbons (Fsp3) is 0.889. The molecule has 1 atom stereocenters. The molecule has 13 heavy (non-hydrogen) atoms. The van der Waals surface area contributed by atoms with E-state index in [1.165, 1.54) is 12.8 Å². The molecule has 1 saturated heterocycles. The maximum Gasteiger partial charge on any atom is 0.189 e. The number of nitrogens with zero attached hydrogens (tertiary/aromatic N) is 1. The van der Waals surface area contributed by atoms with Gasteiger partial charge in [0.1, 0.15) is 0 Å². The first-order valence-corrected chi connectivity index (χ1v) is 4.87. The van der Waals surface area contributed by atoms with Gasteiger partial charge in [-0.1, -0.05) is 0 Å². The monoisotopic (exact) mass is 183 g/mol. The maximum absolute atomic E-state index is 5.76. The molecule has 1 saturated carbocycles. The van der Waals surface area contributed by atoms with E-state index in [1.807, 2.05) is 0 Å². The van der Waals surface area contributed by atoms with Crippen LogP contribution in [-0.4, -0.2) is 30.8 Å². The molecule has 4 heteroatoms. The molecule has 1 unspecified atom stereocenters. The molecular weight excluding hydrogens is 166 g/mol. The molecule has 2 aliphatic rings. The van der Waals surface area contributed by atoms with Gasteiger partial charge in [0.2, 0.25) is 0 Å². The van der Waals surface area contributed by atoms with Crippen LogP contribution in [0.5, 0.6) is 0 Å². The van der Waals surface area contributed by atoms with Crippen LogP contribution in [-0.2, 0) is 4.74 Å². The molecule has 1 aliphatic heterocycles. The summed E-state index contributed by atoms with van der Waals surface area (Å²) in [6.45, 7) is 3.67. The van der Waals surface area contributed by atoms with Crippen molar-refractivity contribution < 1.29 is 4.74 Å². The SMILES string of the molecule is CC1(NC(N)=NC2CC2)CCOC1. The van der Waals surface area contributed by atoms with Gasteiger partial charge in [-0.3, -0.25) is 4.99 Å². The Labute approximate surface area is 78.5 Å². The quantitative estimate of drug-likeness (QED) is 0.476. The Bertz CT molecular complexity index is 217. The molecule has 0 amide bonds. The number of ether oxygens (including phenoxy) is 1. The average molecular weight is 183 g/mol. The minimum absolute atomic E-state index is 0.00245. The van der Waals surface area contributed by atoms with Gasteiger partial charge in [-0.25, -0.2) is 0 Å². The zero-order valence-corrected chi connectivity index (χ0v) is 8.05. The Morgan fingerprint density at radius 1 is 1.62 bits per heavy atom. The van der Waals surface area contributed by atoms with Gasteiger partial charge in [0.05, 0.1) is 18.2 Å². The molecule has 1 heterocycles. The number of hydrogen-bond donors (Lipinski definition) is 2. The summed E-state index contributed by atoms with van der Waals surface area (Å²) in [6.07, 6.45) is 3.39. The van der Waals surface area contributed by atoms with Gasteiger partial charge >= 0.3 is 0 Å². The summed E-state index contributed by atoms with van der Waals surface area (Å²) in [7, 11) is 0. The maximum atomic E-state index is 5.76. The van der Waals surface area contributed by atoms with Gasteiger partial charge in [0, 0.05) is 6.61 Å². The van der Waals surface area contributed by atoms with Crippen molar-refractivity contribution in [3.8, 4) is 0 Å². The molecule has 1 aliphatic carbocycles. The highest BCUT2D eigenvalue weighted by molar-refractivity contribution is 5.79. The predicted molar refractivity (Wildman–Crippen MR) is 51.6 cm³/mol. The number of hydrogen-bond acceptors (Lipinski definition) is 2. The number of guanidine groups is 1. The highest BCUT2D eigenvalue weighted by Gasteiger charge is 2.30. The highest BCUT2D eigenvalue weighted by atomic mass is 16.5. The lowest BCUT2D eigenvalue weighted by molar-refractivity contribution is 0.177. The number of aliphatic imine (C=N–C) groups is 1. The lowest BCUT2D eigenvalue weighted by Crippen LogP contribution is -2.49. The zero-order chi connectivity index (χ0) is 9.31. The van der Waals surface area contributed by atoms with Gasteiger partial charge < -0.3 is 15.8 Å².